The van der Waals surface area contributed by atoms with Gasteiger partial charge in [0.05, 0.1) is 22.1 Å². The van der Waals surface area contributed by atoms with E-state index in [1.54, 1.807) is 18.5 Å². The van der Waals surface area contributed by atoms with Crippen molar-refractivity contribution in [3.63, 3.8) is 0 Å². The first-order valence-electron chi connectivity index (χ1n) is 7.82. The quantitative estimate of drug-likeness (QED) is 0.507. The van der Waals surface area contributed by atoms with Gasteiger partial charge in [-0.25, -0.2) is 14.4 Å². The molecule has 5 nitrogen and oxygen atoms in total. The molecule has 6 heteroatoms. The number of pyridine rings is 1. The summed E-state index contributed by atoms with van der Waals surface area (Å²) in [6, 6.07) is 14.4. The average Bonchev–Trinajstić information content (AvgIpc) is 3.25. The zero-order valence-electron chi connectivity index (χ0n) is 13.0. The molecule has 0 aliphatic rings. The van der Waals surface area contributed by atoms with Crippen molar-refractivity contribution in [3.05, 3.63) is 66.7 Å². The maximum absolute atomic E-state index is 13.3. The van der Waals surface area contributed by atoms with Gasteiger partial charge in [0.25, 0.3) is 0 Å². The highest BCUT2D eigenvalue weighted by Crippen LogP contribution is 2.26. The Morgan fingerprint density at radius 2 is 1.32 bits per heavy atom. The van der Waals surface area contributed by atoms with Gasteiger partial charge in [-0.05, 0) is 53.6 Å². The lowest BCUT2D eigenvalue weighted by Gasteiger charge is -2.00. The van der Waals surface area contributed by atoms with Crippen LogP contribution in [0.3, 0.4) is 0 Å². The lowest BCUT2D eigenvalue weighted by molar-refractivity contribution is 0.629. The highest BCUT2D eigenvalue weighted by atomic mass is 19.1. The lowest BCUT2D eigenvalue weighted by Crippen LogP contribution is -1.81. The summed E-state index contributed by atoms with van der Waals surface area (Å²) in [4.78, 5) is 19.5. The van der Waals surface area contributed by atoms with E-state index in [2.05, 4.69) is 24.9 Å². The average molecular weight is 329 g/mol. The Labute approximate surface area is 141 Å². The Bertz CT molecular complexity index is 1210. The van der Waals surface area contributed by atoms with Crippen LogP contribution >= 0.6 is 0 Å². The topological polar surface area (TPSA) is 70.2 Å². The Morgan fingerprint density at radius 3 is 2.04 bits per heavy atom. The first kappa shape index (κ1) is 13.9. The largest absolute Gasteiger partial charge is 0.335 e. The third-order valence-electron chi connectivity index (χ3n) is 4.16. The number of fused-ring (bicyclic) bond motifs is 2. The van der Waals surface area contributed by atoms with E-state index in [-0.39, 0.29) is 5.82 Å². The predicted molar refractivity (Wildman–Crippen MR) is 94.4 cm³/mol. The first-order valence-corrected chi connectivity index (χ1v) is 7.82. The highest BCUT2D eigenvalue weighted by molar-refractivity contribution is 5.85. The number of aromatic amines is 2. The summed E-state index contributed by atoms with van der Waals surface area (Å²) in [7, 11) is 0. The third kappa shape index (κ3) is 2.35. The molecule has 5 aromatic rings. The summed E-state index contributed by atoms with van der Waals surface area (Å²) >= 11 is 0. The van der Waals surface area contributed by atoms with Crippen LogP contribution in [0.15, 0.2) is 60.9 Å². The smallest absolute Gasteiger partial charge is 0.174 e. The zero-order chi connectivity index (χ0) is 16.8. The van der Waals surface area contributed by atoms with E-state index in [1.165, 1.54) is 12.1 Å². The monoisotopic (exact) mass is 329 g/mol. The number of halogens is 1. The molecule has 0 atom stereocenters. The fourth-order valence-electron chi connectivity index (χ4n) is 2.94. The summed E-state index contributed by atoms with van der Waals surface area (Å²) in [5.41, 5.74) is 5.28. The van der Waals surface area contributed by atoms with Crippen LogP contribution in [-0.2, 0) is 0 Å². The second-order valence-corrected chi connectivity index (χ2v) is 5.80. The third-order valence-corrected chi connectivity index (χ3v) is 4.16. The number of H-pyrrole nitrogens is 2. The molecule has 0 radical (unpaired) electrons. The standard InChI is InChI=1S/C19H12FN5/c20-13-2-4-15-17(10-13)25-19(23-15)18-22-14-3-1-12(9-16(14)24-18)11-5-7-21-8-6-11/h1-10H,(H,22,24)(H,23,25). The van der Waals surface area contributed by atoms with Crippen molar-refractivity contribution < 1.29 is 4.39 Å². The molecule has 0 spiro atoms. The van der Waals surface area contributed by atoms with Crippen LogP contribution in [0.2, 0.25) is 0 Å². The zero-order valence-corrected chi connectivity index (χ0v) is 13.0. The molecular formula is C19H12FN5. The molecule has 0 unspecified atom stereocenters. The minimum atomic E-state index is -0.297. The maximum Gasteiger partial charge on any atom is 0.174 e. The molecule has 0 saturated carbocycles. The number of hydrogen-bond donors (Lipinski definition) is 2. The van der Waals surface area contributed by atoms with Crippen LogP contribution in [0.1, 0.15) is 0 Å². The molecule has 5 rings (SSSR count). The van der Waals surface area contributed by atoms with Crippen LogP contribution in [0, 0.1) is 5.82 Å². The molecule has 0 aliphatic carbocycles. The van der Waals surface area contributed by atoms with Gasteiger partial charge in [-0.2, -0.15) is 0 Å². The molecular weight excluding hydrogens is 317 g/mol. The number of aromatic nitrogens is 5. The number of hydrogen-bond acceptors (Lipinski definition) is 3. The fourth-order valence-corrected chi connectivity index (χ4v) is 2.94. The molecule has 0 aliphatic heterocycles. The van der Waals surface area contributed by atoms with Gasteiger partial charge >= 0.3 is 0 Å². The van der Waals surface area contributed by atoms with Gasteiger partial charge in [-0.3, -0.25) is 4.98 Å². The number of nitrogens with zero attached hydrogens (tertiary/aromatic N) is 3. The number of nitrogens with one attached hydrogen (secondary N) is 2. The van der Waals surface area contributed by atoms with Crippen molar-refractivity contribution >= 4 is 22.1 Å². The van der Waals surface area contributed by atoms with Crippen LogP contribution in [0.4, 0.5) is 4.39 Å². The van der Waals surface area contributed by atoms with Gasteiger partial charge in [0.1, 0.15) is 5.82 Å². The Morgan fingerprint density at radius 1 is 0.680 bits per heavy atom. The molecule has 0 amide bonds. The van der Waals surface area contributed by atoms with Crippen LogP contribution in [0.5, 0.6) is 0 Å². The van der Waals surface area contributed by atoms with Crippen LogP contribution in [0.25, 0.3) is 44.8 Å². The number of rotatable bonds is 2. The summed E-state index contributed by atoms with van der Waals surface area (Å²) in [6.45, 7) is 0. The van der Waals surface area contributed by atoms with Gasteiger partial charge in [-0.15, -0.1) is 0 Å². The fraction of sp³-hybridized carbons (Fsp3) is 0. The van der Waals surface area contributed by atoms with Crippen molar-refractivity contribution in [2.75, 3.05) is 0 Å². The molecule has 3 heterocycles. The van der Waals surface area contributed by atoms with Gasteiger partial charge in [-0.1, -0.05) is 6.07 Å². The summed E-state index contributed by atoms with van der Waals surface area (Å²) in [5, 5.41) is 0. The molecule has 0 bridgehead atoms. The number of benzene rings is 2. The summed E-state index contributed by atoms with van der Waals surface area (Å²) in [6.07, 6.45) is 3.54. The molecule has 3 aromatic heterocycles. The molecule has 0 saturated heterocycles. The molecule has 25 heavy (non-hydrogen) atoms. The summed E-state index contributed by atoms with van der Waals surface area (Å²) < 4.78 is 13.3. The first-order chi connectivity index (χ1) is 12.3. The van der Waals surface area contributed by atoms with Gasteiger partial charge in [0.2, 0.25) is 0 Å². The minimum Gasteiger partial charge on any atom is -0.335 e. The van der Waals surface area contributed by atoms with E-state index in [1.807, 2.05) is 30.3 Å². The minimum absolute atomic E-state index is 0.297. The normalized spacial score (nSPS) is 11.4. The van der Waals surface area contributed by atoms with Crippen molar-refractivity contribution in [1.82, 2.24) is 24.9 Å². The van der Waals surface area contributed by atoms with E-state index >= 15 is 0 Å². The van der Waals surface area contributed by atoms with E-state index in [4.69, 9.17) is 0 Å². The van der Waals surface area contributed by atoms with Crippen molar-refractivity contribution in [2.45, 2.75) is 0 Å². The maximum atomic E-state index is 13.3. The van der Waals surface area contributed by atoms with Crippen molar-refractivity contribution in [3.8, 4) is 22.8 Å². The Balaban J connectivity index is 1.61. The van der Waals surface area contributed by atoms with Crippen molar-refractivity contribution in [1.29, 1.82) is 0 Å². The molecule has 2 aromatic carbocycles. The molecule has 120 valence electrons. The molecule has 0 fully saturated rings. The van der Waals surface area contributed by atoms with E-state index < -0.39 is 0 Å². The van der Waals surface area contributed by atoms with Crippen LogP contribution in [-0.4, -0.2) is 24.9 Å². The second kappa shape index (κ2) is 5.24. The Kier molecular flexibility index (Phi) is 2.90. The SMILES string of the molecule is Fc1ccc2nc(-c3nc4ccc(-c5ccncc5)cc4[nH]3)[nH]c2c1. The summed E-state index contributed by atoms with van der Waals surface area (Å²) in [5.74, 6) is 0.912. The van der Waals surface area contributed by atoms with E-state index in [0.29, 0.717) is 22.7 Å². The highest BCUT2D eigenvalue weighted by Gasteiger charge is 2.11. The van der Waals surface area contributed by atoms with Gasteiger partial charge < -0.3 is 9.97 Å². The predicted octanol–water partition coefficient (Wildman–Crippen LogP) is 4.31. The molecule has 2 N–H and O–H groups in total. The lowest BCUT2D eigenvalue weighted by atomic mass is 10.1. The second-order valence-electron chi connectivity index (χ2n) is 5.80. The van der Waals surface area contributed by atoms with Gasteiger partial charge in [0.15, 0.2) is 11.6 Å². The Hall–Kier alpha value is -3.54. The van der Waals surface area contributed by atoms with E-state index in [0.717, 1.165) is 22.2 Å². The number of imidazole rings is 2. The van der Waals surface area contributed by atoms with Crippen molar-refractivity contribution in [2.24, 2.45) is 0 Å². The van der Waals surface area contributed by atoms with Crippen LogP contribution < -0.4 is 0 Å². The van der Waals surface area contributed by atoms with E-state index in [9.17, 15) is 4.39 Å². The van der Waals surface area contributed by atoms with Gasteiger partial charge in [0, 0.05) is 12.4 Å².